The summed E-state index contributed by atoms with van der Waals surface area (Å²) in [4.78, 5) is 23.5. The molecule has 0 radical (unpaired) electrons. The van der Waals surface area contributed by atoms with Crippen molar-refractivity contribution in [1.29, 1.82) is 0 Å². The predicted molar refractivity (Wildman–Crippen MR) is 93.3 cm³/mol. The molecular formula is C17H19N7O2. The van der Waals surface area contributed by atoms with Crippen LogP contribution < -0.4 is 5.32 Å². The second-order valence-electron chi connectivity index (χ2n) is 6.21. The van der Waals surface area contributed by atoms with Crippen LogP contribution in [0.3, 0.4) is 0 Å². The van der Waals surface area contributed by atoms with Crippen LogP contribution in [0.25, 0.3) is 11.3 Å². The Bertz CT molecular complexity index is 933. The molecule has 1 N–H and O–H groups in total. The minimum absolute atomic E-state index is 0.109. The van der Waals surface area contributed by atoms with Gasteiger partial charge in [-0.1, -0.05) is 5.16 Å². The van der Waals surface area contributed by atoms with E-state index in [-0.39, 0.29) is 17.6 Å². The van der Waals surface area contributed by atoms with Crippen molar-refractivity contribution in [1.82, 2.24) is 29.8 Å². The van der Waals surface area contributed by atoms with Crippen LogP contribution in [0.5, 0.6) is 0 Å². The van der Waals surface area contributed by atoms with Crippen molar-refractivity contribution in [2.24, 2.45) is 7.05 Å². The highest BCUT2D eigenvalue weighted by Gasteiger charge is 2.33. The topological polar surface area (TPSA) is 102 Å². The molecule has 3 aromatic rings. The number of nitrogens with zero attached hydrogens (tertiary/aromatic N) is 6. The highest BCUT2D eigenvalue weighted by atomic mass is 16.5. The van der Waals surface area contributed by atoms with Gasteiger partial charge in [0.25, 0.3) is 5.91 Å². The Labute approximate surface area is 150 Å². The van der Waals surface area contributed by atoms with Gasteiger partial charge in [-0.3, -0.25) is 14.5 Å². The Morgan fingerprint density at radius 3 is 3.00 bits per heavy atom. The van der Waals surface area contributed by atoms with Crippen molar-refractivity contribution >= 4 is 11.7 Å². The minimum Gasteiger partial charge on any atom is -0.372 e. The lowest BCUT2D eigenvalue weighted by Gasteiger charge is -2.23. The molecule has 1 fully saturated rings. The molecule has 9 nitrogen and oxygen atoms in total. The maximum Gasteiger partial charge on any atom is 0.276 e. The van der Waals surface area contributed by atoms with Crippen molar-refractivity contribution in [3.8, 4) is 11.3 Å². The van der Waals surface area contributed by atoms with Crippen molar-refractivity contribution in [2.75, 3.05) is 18.9 Å². The first-order valence-electron chi connectivity index (χ1n) is 8.42. The molecule has 1 saturated heterocycles. The third kappa shape index (κ3) is 2.92. The molecule has 26 heavy (non-hydrogen) atoms. The van der Waals surface area contributed by atoms with Crippen LogP contribution in [-0.4, -0.2) is 49.3 Å². The zero-order valence-electron chi connectivity index (χ0n) is 14.6. The van der Waals surface area contributed by atoms with Crippen molar-refractivity contribution in [2.45, 2.75) is 18.9 Å². The molecule has 1 aliphatic rings. The number of amides is 1. The van der Waals surface area contributed by atoms with E-state index in [1.807, 2.05) is 13.2 Å². The summed E-state index contributed by atoms with van der Waals surface area (Å²) in [5.74, 6) is 1.04. The molecule has 0 unspecified atom stereocenters. The molecule has 4 rings (SSSR count). The standard InChI is InChI=1S/C17H19N7O2/c1-18-16-9-19-8-13(21-16)14-4-3-5-24(14)17(25)12-6-15(26-22-12)11-7-20-23(2)10-11/h6-10,14H,3-5H2,1-2H3,(H,18,21)/t14-/m1/s1. The molecule has 1 atom stereocenters. The number of nitrogens with one attached hydrogen (secondary N) is 1. The molecule has 3 aromatic heterocycles. The van der Waals surface area contributed by atoms with Crippen LogP contribution in [0.2, 0.25) is 0 Å². The number of hydrogen-bond donors (Lipinski definition) is 1. The molecule has 0 aliphatic carbocycles. The van der Waals surface area contributed by atoms with E-state index in [0.717, 1.165) is 24.1 Å². The van der Waals surface area contributed by atoms with E-state index < -0.39 is 0 Å². The number of aromatic nitrogens is 5. The van der Waals surface area contributed by atoms with E-state index in [0.29, 0.717) is 18.1 Å². The Morgan fingerprint density at radius 2 is 2.23 bits per heavy atom. The first-order chi connectivity index (χ1) is 12.7. The van der Waals surface area contributed by atoms with Gasteiger partial charge in [0.15, 0.2) is 11.5 Å². The van der Waals surface area contributed by atoms with E-state index >= 15 is 0 Å². The van der Waals surface area contributed by atoms with Crippen LogP contribution in [0.15, 0.2) is 35.4 Å². The third-order valence-corrected chi connectivity index (χ3v) is 4.48. The van der Waals surface area contributed by atoms with Crippen molar-refractivity contribution < 1.29 is 9.32 Å². The SMILES string of the molecule is CNc1cncc([C@H]2CCCN2C(=O)c2cc(-c3cnn(C)c3)on2)n1. The van der Waals surface area contributed by atoms with Gasteiger partial charge in [0.2, 0.25) is 0 Å². The number of carbonyl (C=O) groups excluding carboxylic acids is 1. The largest absolute Gasteiger partial charge is 0.372 e. The lowest BCUT2D eigenvalue weighted by molar-refractivity contribution is 0.0722. The Balaban J connectivity index is 1.58. The van der Waals surface area contributed by atoms with Gasteiger partial charge in [-0.15, -0.1) is 0 Å². The highest BCUT2D eigenvalue weighted by Crippen LogP contribution is 2.32. The summed E-state index contributed by atoms with van der Waals surface area (Å²) in [5, 5.41) is 11.0. The van der Waals surface area contributed by atoms with E-state index in [1.165, 1.54) is 0 Å². The van der Waals surface area contributed by atoms with Gasteiger partial charge in [-0.05, 0) is 12.8 Å². The quantitative estimate of drug-likeness (QED) is 0.764. The van der Waals surface area contributed by atoms with E-state index in [4.69, 9.17) is 4.52 Å². The normalized spacial score (nSPS) is 16.8. The fourth-order valence-corrected chi connectivity index (χ4v) is 3.19. The fourth-order valence-electron chi connectivity index (χ4n) is 3.19. The predicted octanol–water partition coefficient (Wildman–Crippen LogP) is 1.88. The third-order valence-electron chi connectivity index (χ3n) is 4.48. The fraction of sp³-hybridized carbons (Fsp3) is 0.353. The minimum atomic E-state index is -0.164. The van der Waals surface area contributed by atoms with Crippen LogP contribution in [0, 0.1) is 0 Å². The van der Waals surface area contributed by atoms with Crippen LogP contribution in [-0.2, 0) is 7.05 Å². The molecule has 0 spiro atoms. The maximum absolute atomic E-state index is 13.0. The van der Waals surface area contributed by atoms with Gasteiger partial charge in [0.1, 0.15) is 5.82 Å². The number of aryl methyl sites for hydroxylation is 1. The molecule has 1 aliphatic heterocycles. The van der Waals surface area contributed by atoms with Crippen molar-refractivity contribution in [3.63, 3.8) is 0 Å². The number of anilines is 1. The van der Waals surface area contributed by atoms with Gasteiger partial charge in [-0.2, -0.15) is 5.10 Å². The smallest absolute Gasteiger partial charge is 0.276 e. The summed E-state index contributed by atoms with van der Waals surface area (Å²) in [7, 11) is 3.61. The van der Waals surface area contributed by atoms with Crippen LogP contribution >= 0.6 is 0 Å². The average Bonchev–Trinajstić information content (AvgIpc) is 3.41. The Hall–Kier alpha value is -3.23. The number of rotatable bonds is 4. The molecule has 4 heterocycles. The van der Waals surface area contributed by atoms with Crippen LogP contribution in [0.1, 0.15) is 35.1 Å². The molecule has 0 saturated carbocycles. The van der Waals surface area contributed by atoms with E-state index in [1.54, 1.807) is 41.3 Å². The first-order valence-corrected chi connectivity index (χ1v) is 8.42. The molecule has 9 heteroatoms. The maximum atomic E-state index is 13.0. The number of hydrogen-bond acceptors (Lipinski definition) is 7. The summed E-state index contributed by atoms with van der Waals surface area (Å²) >= 11 is 0. The lowest BCUT2D eigenvalue weighted by atomic mass is 10.1. The Morgan fingerprint density at radius 1 is 1.35 bits per heavy atom. The lowest BCUT2D eigenvalue weighted by Crippen LogP contribution is -2.31. The second kappa shape index (κ2) is 6.58. The Kier molecular flexibility index (Phi) is 4.11. The molecule has 134 valence electrons. The highest BCUT2D eigenvalue weighted by molar-refractivity contribution is 5.93. The van der Waals surface area contributed by atoms with Gasteiger partial charge in [0, 0.05) is 32.9 Å². The van der Waals surface area contributed by atoms with Gasteiger partial charge >= 0.3 is 0 Å². The van der Waals surface area contributed by atoms with Gasteiger partial charge in [0.05, 0.1) is 35.9 Å². The summed E-state index contributed by atoms with van der Waals surface area (Å²) in [6.45, 7) is 0.657. The summed E-state index contributed by atoms with van der Waals surface area (Å²) in [6.07, 6.45) is 8.61. The zero-order valence-corrected chi connectivity index (χ0v) is 14.6. The first kappa shape index (κ1) is 16.2. The van der Waals surface area contributed by atoms with Gasteiger partial charge in [-0.25, -0.2) is 4.98 Å². The number of carbonyl (C=O) groups is 1. The monoisotopic (exact) mass is 353 g/mol. The van der Waals surface area contributed by atoms with E-state index in [2.05, 4.69) is 25.5 Å². The molecule has 1 amide bonds. The van der Waals surface area contributed by atoms with Crippen LogP contribution in [0.4, 0.5) is 5.82 Å². The zero-order chi connectivity index (χ0) is 18.1. The summed E-state index contributed by atoms with van der Waals surface area (Å²) < 4.78 is 7.00. The molecule has 0 aromatic carbocycles. The van der Waals surface area contributed by atoms with Gasteiger partial charge < -0.3 is 14.7 Å². The van der Waals surface area contributed by atoms with Crippen molar-refractivity contribution in [3.05, 3.63) is 42.2 Å². The molecular weight excluding hydrogens is 334 g/mol. The molecule has 0 bridgehead atoms. The summed E-state index contributed by atoms with van der Waals surface area (Å²) in [6, 6.07) is 1.55. The van der Waals surface area contributed by atoms with E-state index in [9.17, 15) is 4.79 Å². The summed E-state index contributed by atoms with van der Waals surface area (Å²) in [5.41, 5.74) is 1.84. The number of likely N-dealkylation sites (tertiary alicyclic amines) is 1. The second-order valence-corrected chi connectivity index (χ2v) is 6.21. The average molecular weight is 353 g/mol.